The minimum absolute atomic E-state index is 0. The van der Waals surface area contributed by atoms with Gasteiger partial charge >= 0.3 is 0 Å². The lowest BCUT2D eigenvalue weighted by Crippen LogP contribution is -2.40. The molecule has 0 fully saturated rings. The number of nitrogens with one attached hydrogen (secondary N) is 1. The number of likely N-dealkylation sites (N-methyl/N-ethyl adjacent to an activating group) is 1. The Bertz CT molecular complexity index is 520. The Labute approximate surface area is 171 Å². The van der Waals surface area contributed by atoms with E-state index in [1.165, 1.54) is 5.56 Å². The molecule has 0 atom stereocenters. The number of hydrogen-bond acceptors (Lipinski definition) is 2. The highest BCUT2D eigenvalue weighted by atomic mass is 127. The summed E-state index contributed by atoms with van der Waals surface area (Å²) < 4.78 is 1.07. The lowest BCUT2D eigenvalue weighted by molar-refractivity contribution is -0.127. The molecule has 0 aromatic heterocycles. The van der Waals surface area contributed by atoms with Crippen molar-refractivity contribution in [3.8, 4) is 0 Å². The molecule has 0 aliphatic heterocycles. The fraction of sp³-hybridized carbons (Fsp3) is 0.529. The molecule has 0 aliphatic rings. The molecule has 5 nitrogen and oxygen atoms in total. The van der Waals surface area contributed by atoms with E-state index in [1.807, 2.05) is 24.1 Å². The summed E-state index contributed by atoms with van der Waals surface area (Å²) in [4.78, 5) is 19.8. The summed E-state index contributed by atoms with van der Waals surface area (Å²) in [5.74, 6) is 0.758. The third-order valence-corrected chi connectivity index (χ3v) is 3.90. The summed E-state index contributed by atoms with van der Waals surface area (Å²) in [6, 6.07) is 8.21. The molecule has 24 heavy (non-hydrogen) atoms. The minimum atomic E-state index is -0.00293. The monoisotopic (exact) mass is 510 g/mol. The Morgan fingerprint density at radius 1 is 1.21 bits per heavy atom. The van der Waals surface area contributed by atoms with Crippen LogP contribution in [0.25, 0.3) is 0 Å². The molecule has 0 aliphatic carbocycles. The number of carbonyl (C=O) groups excluding carboxylic acids is 1. The Morgan fingerprint density at radius 3 is 2.38 bits per heavy atom. The van der Waals surface area contributed by atoms with Crippen LogP contribution in [-0.4, -0.2) is 55.9 Å². The molecule has 1 rings (SSSR count). The van der Waals surface area contributed by atoms with Crippen LogP contribution in [-0.2, 0) is 11.3 Å². The van der Waals surface area contributed by atoms with Crippen LogP contribution in [0.4, 0.5) is 0 Å². The maximum Gasteiger partial charge on any atom is 0.243 e. The Kier molecular flexibility index (Phi) is 12.1. The zero-order chi connectivity index (χ0) is 17.2. The van der Waals surface area contributed by atoms with Crippen LogP contribution in [0.5, 0.6) is 0 Å². The van der Waals surface area contributed by atoms with Gasteiger partial charge in [-0.25, -0.2) is 4.99 Å². The fourth-order valence-corrected chi connectivity index (χ4v) is 2.18. The first-order chi connectivity index (χ1) is 10.9. The largest absolute Gasteiger partial charge is 0.356 e. The van der Waals surface area contributed by atoms with Gasteiger partial charge in [0.2, 0.25) is 5.91 Å². The number of hydrogen-bond donors (Lipinski definition) is 1. The third kappa shape index (κ3) is 8.86. The maximum atomic E-state index is 11.8. The predicted molar refractivity (Wildman–Crippen MR) is 115 cm³/mol. The second-order valence-electron chi connectivity index (χ2n) is 5.69. The molecule has 0 unspecified atom stereocenters. The molecular weight excluding hydrogens is 483 g/mol. The van der Waals surface area contributed by atoms with Crippen molar-refractivity contribution < 1.29 is 4.79 Å². The molecule has 0 spiro atoms. The van der Waals surface area contributed by atoms with E-state index in [9.17, 15) is 4.79 Å². The lowest BCUT2D eigenvalue weighted by Gasteiger charge is -2.23. The average molecular weight is 511 g/mol. The molecule has 1 aromatic carbocycles. The third-order valence-electron chi connectivity index (χ3n) is 3.37. The van der Waals surface area contributed by atoms with Gasteiger partial charge in [0.25, 0.3) is 0 Å². The van der Waals surface area contributed by atoms with Crippen molar-refractivity contribution in [3.63, 3.8) is 0 Å². The number of carbonyl (C=O) groups is 1. The van der Waals surface area contributed by atoms with Gasteiger partial charge in [0.05, 0.1) is 0 Å². The highest BCUT2D eigenvalue weighted by Gasteiger charge is 2.09. The summed E-state index contributed by atoms with van der Waals surface area (Å²) in [6.07, 6.45) is 2.19. The van der Waals surface area contributed by atoms with Crippen molar-refractivity contribution in [2.24, 2.45) is 4.99 Å². The first-order valence-electron chi connectivity index (χ1n) is 7.88. The van der Waals surface area contributed by atoms with Crippen LogP contribution in [0.3, 0.4) is 0 Å². The highest BCUT2D eigenvalue weighted by molar-refractivity contribution is 14.0. The number of nitrogens with zero attached hydrogens (tertiary/aromatic N) is 3. The summed E-state index contributed by atoms with van der Waals surface area (Å²) in [5.41, 5.74) is 1.19. The Morgan fingerprint density at radius 2 is 1.83 bits per heavy atom. The van der Waals surface area contributed by atoms with Crippen LogP contribution < -0.4 is 5.32 Å². The summed E-state index contributed by atoms with van der Waals surface area (Å²) in [7, 11) is 5.47. The number of unbranched alkanes of at least 4 members (excludes halogenated alkanes) is 1. The Hall–Kier alpha value is -0.830. The predicted octanol–water partition coefficient (Wildman–Crippen LogP) is 3.33. The van der Waals surface area contributed by atoms with Crippen molar-refractivity contribution in [3.05, 3.63) is 34.3 Å². The molecule has 0 bridgehead atoms. The molecule has 0 radical (unpaired) electrons. The zero-order valence-corrected chi connectivity index (χ0v) is 18.8. The summed E-state index contributed by atoms with van der Waals surface area (Å²) in [6.45, 7) is 3.91. The van der Waals surface area contributed by atoms with Crippen LogP contribution in [0.2, 0.25) is 0 Å². The van der Waals surface area contributed by atoms with Crippen LogP contribution >= 0.6 is 39.9 Å². The number of guanidine groups is 1. The van der Waals surface area contributed by atoms with Gasteiger partial charge < -0.3 is 15.1 Å². The normalized spacial score (nSPS) is 10.8. The molecule has 1 amide bonds. The molecule has 136 valence electrons. The van der Waals surface area contributed by atoms with E-state index < -0.39 is 0 Å². The van der Waals surface area contributed by atoms with E-state index in [1.54, 1.807) is 19.0 Å². The Balaban J connectivity index is 0.00000529. The lowest BCUT2D eigenvalue weighted by atomic mass is 10.2. The first kappa shape index (κ1) is 23.2. The van der Waals surface area contributed by atoms with E-state index in [2.05, 4.69) is 45.3 Å². The summed E-state index contributed by atoms with van der Waals surface area (Å²) in [5, 5.41) is 3.34. The second kappa shape index (κ2) is 12.5. The first-order valence-corrected chi connectivity index (χ1v) is 8.67. The van der Waals surface area contributed by atoms with Gasteiger partial charge in [-0.15, -0.1) is 24.0 Å². The van der Waals surface area contributed by atoms with E-state index in [-0.39, 0.29) is 36.4 Å². The van der Waals surface area contributed by atoms with Crippen molar-refractivity contribution in [1.29, 1.82) is 0 Å². The summed E-state index contributed by atoms with van der Waals surface area (Å²) >= 11 is 3.45. The quantitative estimate of drug-likeness (QED) is 0.265. The fourth-order valence-electron chi connectivity index (χ4n) is 1.91. The van der Waals surface area contributed by atoms with Gasteiger partial charge in [-0.2, -0.15) is 0 Å². The molecule has 1 aromatic rings. The minimum Gasteiger partial charge on any atom is -0.356 e. The number of aliphatic imine (C=N–C) groups is 1. The molecule has 0 saturated carbocycles. The van der Waals surface area contributed by atoms with Gasteiger partial charge in [0, 0.05) is 38.7 Å². The highest BCUT2D eigenvalue weighted by Crippen LogP contribution is 2.11. The van der Waals surface area contributed by atoms with Gasteiger partial charge in [0.1, 0.15) is 6.54 Å². The zero-order valence-electron chi connectivity index (χ0n) is 14.9. The van der Waals surface area contributed by atoms with Crippen molar-refractivity contribution in [1.82, 2.24) is 15.1 Å². The van der Waals surface area contributed by atoms with Gasteiger partial charge in [-0.1, -0.05) is 41.4 Å². The van der Waals surface area contributed by atoms with Crippen LogP contribution in [0.1, 0.15) is 25.3 Å². The maximum absolute atomic E-state index is 11.8. The van der Waals surface area contributed by atoms with E-state index in [0.29, 0.717) is 0 Å². The van der Waals surface area contributed by atoms with E-state index in [4.69, 9.17) is 0 Å². The van der Waals surface area contributed by atoms with E-state index >= 15 is 0 Å². The molecular formula is C17H28BrIN4O. The van der Waals surface area contributed by atoms with Gasteiger partial charge in [-0.3, -0.25) is 4.79 Å². The molecule has 0 saturated heterocycles. The molecule has 1 N–H and O–H groups in total. The molecule has 7 heteroatoms. The van der Waals surface area contributed by atoms with Crippen molar-refractivity contribution >= 4 is 51.8 Å². The van der Waals surface area contributed by atoms with Gasteiger partial charge in [-0.05, 0) is 24.1 Å². The average Bonchev–Trinajstić information content (AvgIpc) is 2.52. The van der Waals surface area contributed by atoms with Crippen molar-refractivity contribution in [2.45, 2.75) is 26.3 Å². The van der Waals surface area contributed by atoms with Crippen LogP contribution in [0, 0.1) is 0 Å². The molecule has 0 heterocycles. The standard InChI is InChI=1S/C17H27BrN4O.HI/c1-5-6-11-19-17(20-12-16(23)21(2)3)22(4)13-14-7-9-15(18)10-8-14;/h7-10H,5-6,11-13H2,1-4H3,(H,19,20);1H. The topological polar surface area (TPSA) is 47.9 Å². The van der Waals surface area contributed by atoms with E-state index in [0.717, 1.165) is 36.4 Å². The number of amides is 1. The number of benzene rings is 1. The van der Waals surface area contributed by atoms with Crippen molar-refractivity contribution in [2.75, 3.05) is 34.2 Å². The SMILES string of the molecule is CCCCNC(=NCC(=O)N(C)C)N(C)Cc1ccc(Br)cc1.I. The van der Waals surface area contributed by atoms with Gasteiger partial charge in [0.15, 0.2) is 5.96 Å². The smallest absolute Gasteiger partial charge is 0.243 e. The second-order valence-corrected chi connectivity index (χ2v) is 6.61. The number of halogens is 2. The number of rotatable bonds is 7. The van der Waals surface area contributed by atoms with Crippen LogP contribution in [0.15, 0.2) is 33.7 Å².